The van der Waals surface area contributed by atoms with E-state index < -0.39 is 9.84 Å². The smallest absolute Gasteiger partial charge is 0.175 e. The van der Waals surface area contributed by atoms with E-state index >= 15 is 0 Å². The van der Waals surface area contributed by atoms with Gasteiger partial charge in [0.15, 0.2) is 9.84 Å². The highest BCUT2D eigenvalue weighted by atomic mass is 32.2. The summed E-state index contributed by atoms with van der Waals surface area (Å²) in [6.07, 6.45) is 6.33. The molecule has 108 valence electrons. The molecule has 20 heavy (non-hydrogen) atoms. The molecule has 0 aliphatic carbocycles. The molecule has 0 spiro atoms. The third kappa shape index (κ3) is 3.46. The van der Waals surface area contributed by atoms with Crippen LogP contribution in [0.4, 0.5) is 0 Å². The summed E-state index contributed by atoms with van der Waals surface area (Å²) in [5.41, 5.74) is 6.98. The molecule has 5 nitrogen and oxygen atoms in total. The average Bonchev–Trinajstić information content (AvgIpc) is 2.81. The van der Waals surface area contributed by atoms with Crippen molar-refractivity contribution in [1.82, 2.24) is 9.55 Å². The molecule has 1 heterocycles. The maximum absolute atomic E-state index is 11.5. The van der Waals surface area contributed by atoms with E-state index in [2.05, 4.69) is 4.98 Å². The van der Waals surface area contributed by atoms with Crippen LogP contribution in [0.2, 0.25) is 0 Å². The monoisotopic (exact) mass is 293 g/mol. The van der Waals surface area contributed by atoms with Gasteiger partial charge in [-0.15, -0.1) is 0 Å². The average molecular weight is 293 g/mol. The minimum Gasteiger partial charge on any atom is -0.338 e. The Morgan fingerprint density at radius 2 is 2.15 bits per heavy atom. The minimum atomic E-state index is -3.20. The van der Waals surface area contributed by atoms with Gasteiger partial charge in [0.2, 0.25) is 0 Å². The molecule has 0 radical (unpaired) electrons. The Morgan fingerprint density at radius 3 is 2.75 bits per heavy atom. The molecule has 2 rings (SSSR count). The van der Waals surface area contributed by atoms with E-state index in [1.807, 2.05) is 23.9 Å². The summed E-state index contributed by atoms with van der Waals surface area (Å²) >= 11 is 0. The number of hydrogen-bond donors (Lipinski definition) is 1. The van der Waals surface area contributed by atoms with Gasteiger partial charge < -0.3 is 10.3 Å². The predicted octanol–water partition coefficient (Wildman–Crippen LogP) is 1.46. The standard InChI is InChI=1S/C14H19N3O2S/c1-17-9-8-16-14(17)7-6-13(15)11-4-3-5-12(10-11)20(2,18)19/h3-5,8-10,13H,6-7,15H2,1-2H3. The molecule has 2 aromatic rings. The topological polar surface area (TPSA) is 78.0 Å². The van der Waals surface area contributed by atoms with Gasteiger partial charge >= 0.3 is 0 Å². The van der Waals surface area contributed by atoms with Crippen molar-refractivity contribution in [1.29, 1.82) is 0 Å². The Bertz CT molecular complexity index is 692. The van der Waals surface area contributed by atoms with E-state index in [-0.39, 0.29) is 6.04 Å². The van der Waals surface area contributed by atoms with Gasteiger partial charge in [0, 0.05) is 38.2 Å². The van der Waals surface area contributed by atoms with Crippen LogP contribution >= 0.6 is 0 Å². The first-order chi connectivity index (χ1) is 9.38. The summed E-state index contributed by atoms with van der Waals surface area (Å²) in [5.74, 6) is 0.972. The first-order valence-corrected chi connectivity index (χ1v) is 8.29. The first-order valence-electron chi connectivity index (χ1n) is 6.40. The van der Waals surface area contributed by atoms with Crippen molar-refractivity contribution in [3.05, 3.63) is 48.0 Å². The van der Waals surface area contributed by atoms with Gasteiger partial charge in [-0.1, -0.05) is 12.1 Å². The molecule has 1 atom stereocenters. The van der Waals surface area contributed by atoms with Gasteiger partial charge in [-0.2, -0.15) is 0 Å². The van der Waals surface area contributed by atoms with E-state index in [4.69, 9.17) is 5.73 Å². The molecule has 6 heteroatoms. The number of imidazole rings is 1. The number of benzene rings is 1. The summed E-state index contributed by atoms with van der Waals surface area (Å²) in [7, 11) is -1.25. The molecule has 0 bridgehead atoms. The predicted molar refractivity (Wildman–Crippen MR) is 78.0 cm³/mol. The zero-order valence-corrected chi connectivity index (χ0v) is 12.5. The Hall–Kier alpha value is -1.66. The van der Waals surface area contributed by atoms with Gasteiger partial charge in [-0.3, -0.25) is 0 Å². The summed E-state index contributed by atoms with van der Waals surface area (Å²) < 4.78 is 25.0. The van der Waals surface area contributed by atoms with Crippen LogP contribution in [-0.2, 0) is 23.3 Å². The fraction of sp³-hybridized carbons (Fsp3) is 0.357. The number of aryl methyl sites for hydroxylation is 2. The lowest BCUT2D eigenvalue weighted by molar-refractivity contribution is 0.600. The molecule has 0 fully saturated rings. The quantitative estimate of drug-likeness (QED) is 0.905. The van der Waals surface area contributed by atoms with Crippen LogP contribution in [0.3, 0.4) is 0 Å². The molecule has 0 aliphatic rings. The largest absolute Gasteiger partial charge is 0.338 e. The van der Waals surface area contributed by atoms with Crippen LogP contribution < -0.4 is 5.73 Å². The van der Waals surface area contributed by atoms with E-state index in [1.165, 1.54) is 6.26 Å². The minimum absolute atomic E-state index is 0.201. The molecule has 0 amide bonds. The maximum Gasteiger partial charge on any atom is 0.175 e. The lowest BCUT2D eigenvalue weighted by Gasteiger charge is -2.13. The van der Waals surface area contributed by atoms with Crippen molar-refractivity contribution < 1.29 is 8.42 Å². The molecule has 1 aromatic carbocycles. The molecule has 1 unspecified atom stereocenters. The third-order valence-electron chi connectivity index (χ3n) is 3.31. The van der Waals surface area contributed by atoms with Crippen molar-refractivity contribution in [2.45, 2.75) is 23.8 Å². The van der Waals surface area contributed by atoms with E-state index in [0.29, 0.717) is 4.90 Å². The number of rotatable bonds is 5. The van der Waals surface area contributed by atoms with Crippen LogP contribution in [0.15, 0.2) is 41.6 Å². The second-order valence-electron chi connectivity index (χ2n) is 4.94. The number of nitrogens with two attached hydrogens (primary N) is 1. The van der Waals surface area contributed by atoms with Crippen molar-refractivity contribution in [3.63, 3.8) is 0 Å². The number of sulfone groups is 1. The van der Waals surface area contributed by atoms with Crippen LogP contribution in [0.5, 0.6) is 0 Å². The Labute approximate surface area is 119 Å². The van der Waals surface area contributed by atoms with Crippen molar-refractivity contribution in [2.24, 2.45) is 12.8 Å². The van der Waals surface area contributed by atoms with Crippen LogP contribution in [0.1, 0.15) is 23.9 Å². The molecular formula is C14H19N3O2S. The van der Waals surface area contributed by atoms with Crippen molar-refractivity contribution in [2.75, 3.05) is 6.26 Å². The van der Waals surface area contributed by atoms with E-state index in [9.17, 15) is 8.42 Å². The molecule has 2 N–H and O–H groups in total. The van der Waals surface area contributed by atoms with E-state index in [0.717, 1.165) is 24.2 Å². The van der Waals surface area contributed by atoms with Crippen LogP contribution in [0.25, 0.3) is 0 Å². The number of aromatic nitrogens is 2. The molecule has 0 saturated carbocycles. The summed E-state index contributed by atoms with van der Waals surface area (Å²) in [4.78, 5) is 4.56. The van der Waals surface area contributed by atoms with E-state index in [1.54, 1.807) is 24.4 Å². The highest BCUT2D eigenvalue weighted by molar-refractivity contribution is 7.90. The highest BCUT2D eigenvalue weighted by Gasteiger charge is 2.12. The second-order valence-corrected chi connectivity index (χ2v) is 6.96. The molecule has 1 aromatic heterocycles. The zero-order valence-electron chi connectivity index (χ0n) is 11.7. The molecular weight excluding hydrogens is 274 g/mol. The Morgan fingerprint density at radius 1 is 1.40 bits per heavy atom. The number of nitrogens with zero attached hydrogens (tertiary/aromatic N) is 2. The normalized spacial score (nSPS) is 13.3. The lowest BCUT2D eigenvalue weighted by atomic mass is 10.0. The summed E-state index contributed by atoms with van der Waals surface area (Å²) in [5, 5.41) is 0. The summed E-state index contributed by atoms with van der Waals surface area (Å²) in [6.45, 7) is 0. The van der Waals surface area contributed by atoms with Crippen LogP contribution in [-0.4, -0.2) is 24.2 Å². The van der Waals surface area contributed by atoms with Gasteiger partial charge in [0.25, 0.3) is 0 Å². The van der Waals surface area contributed by atoms with Gasteiger partial charge in [-0.05, 0) is 24.1 Å². The fourth-order valence-corrected chi connectivity index (χ4v) is 2.74. The zero-order chi connectivity index (χ0) is 14.8. The number of hydrogen-bond acceptors (Lipinski definition) is 4. The Balaban J connectivity index is 2.10. The van der Waals surface area contributed by atoms with Gasteiger partial charge in [0.05, 0.1) is 4.90 Å². The van der Waals surface area contributed by atoms with Crippen molar-refractivity contribution in [3.8, 4) is 0 Å². The van der Waals surface area contributed by atoms with Crippen molar-refractivity contribution >= 4 is 9.84 Å². The SMILES string of the molecule is Cn1ccnc1CCC(N)c1cccc(S(C)(=O)=O)c1. The van der Waals surface area contributed by atoms with Gasteiger partial charge in [-0.25, -0.2) is 13.4 Å². The van der Waals surface area contributed by atoms with Gasteiger partial charge in [0.1, 0.15) is 5.82 Å². The fourth-order valence-electron chi connectivity index (χ4n) is 2.06. The summed E-state index contributed by atoms with van der Waals surface area (Å²) in [6, 6.07) is 6.63. The Kier molecular flexibility index (Phi) is 4.25. The van der Waals surface area contributed by atoms with Crippen LogP contribution in [0, 0.1) is 0 Å². The molecule has 0 saturated heterocycles. The third-order valence-corrected chi connectivity index (χ3v) is 4.42. The first kappa shape index (κ1) is 14.7. The maximum atomic E-state index is 11.5. The molecule has 0 aliphatic heterocycles. The second kappa shape index (κ2) is 5.76. The lowest BCUT2D eigenvalue weighted by Crippen LogP contribution is -2.13. The highest BCUT2D eigenvalue weighted by Crippen LogP contribution is 2.19.